The van der Waals surface area contributed by atoms with Crippen molar-refractivity contribution in [2.75, 3.05) is 16.6 Å². The monoisotopic (exact) mass is 644 g/mol. The Bertz CT molecular complexity index is 1230. The molecule has 0 bridgehead atoms. The molecule has 2 N–H and O–H groups in total. The first kappa shape index (κ1) is 28.2. The Hall–Kier alpha value is -1.38. The number of nitrogens with one attached hydrogen (secondary N) is 2. The third-order valence-electron chi connectivity index (χ3n) is 6.80. The molecule has 0 amide bonds. The number of benzene rings is 2. The van der Waals surface area contributed by atoms with Crippen molar-refractivity contribution in [2.45, 2.75) is 62.9 Å². The zero-order chi connectivity index (χ0) is 26.4. The zero-order valence-electron chi connectivity index (χ0n) is 20.2. The van der Waals surface area contributed by atoms with E-state index in [0.29, 0.717) is 16.4 Å². The van der Waals surface area contributed by atoms with E-state index in [1.807, 2.05) is 22.6 Å². The highest BCUT2D eigenvalue weighted by Gasteiger charge is 2.55. The van der Waals surface area contributed by atoms with E-state index >= 15 is 0 Å². The summed E-state index contributed by atoms with van der Waals surface area (Å²) in [6.07, 6.45) is 0.820. The van der Waals surface area contributed by atoms with E-state index in [0.717, 1.165) is 6.07 Å². The maximum absolute atomic E-state index is 14.7. The lowest BCUT2D eigenvalue weighted by Gasteiger charge is -2.36. The van der Waals surface area contributed by atoms with Gasteiger partial charge in [0.25, 0.3) is 0 Å². The lowest BCUT2D eigenvalue weighted by molar-refractivity contribution is 0.277. The van der Waals surface area contributed by atoms with Crippen molar-refractivity contribution in [3.05, 3.63) is 51.1 Å². The van der Waals surface area contributed by atoms with Crippen LogP contribution in [0.2, 0.25) is 18.1 Å². The van der Waals surface area contributed by atoms with Gasteiger partial charge in [-0.15, -0.1) is 0 Å². The largest absolute Gasteiger partial charge is 0.417 e. The van der Waals surface area contributed by atoms with Crippen LogP contribution in [0.25, 0.3) is 0 Å². The third-order valence-corrected chi connectivity index (χ3v) is 14.2. The molecule has 194 valence electrons. The van der Waals surface area contributed by atoms with Crippen LogP contribution in [0.15, 0.2) is 24.3 Å². The first-order chi connectivity index (χ1) is 16.0. The minimum absolute atomic E-state index is 0.0546. The molecular weight excluding hydrogens is 615 g/mol. The quantitative estimate of drug-likeness (QED) is 0.130. The topological polar surface area (TPSA) is 67.4 Å². The summed E-state index contributed by atoms with van der Waals surface area (Å²) in [7, 11) is -6.32. The summed E-state index contributed by atoms with van der Waals surface area (Å²) in [6.45, 7) is 10.5. The minimum atomic E-state index is -4.22. The second-order valence-corrected chi connectivity index (χ2v) is 18.4. The summed E-state index contributed by atoms with van der Waals surface area (Å²) in [6, 6.07) is 4.16. The molecule has 1 aliphatic rings. The maximum Gasteiger partial charge on any atom is 0.238 e. The summed E-state index contributed by atoms with van der Waals surface area (Å²) in [5.74, 6) is -5.19. The van der Waals surface area contributed by atoms with Crippen LogP contribution >= 0.6 is 22.6 Å². The molecule has 2 aromatic carbocycles. The number of rotatable bonds is 9. The van der Waals surface area contributed by atoms with Gasteiger partial charge in [-0.3, -0.25) is 4.72 Å². The number of anilines is 3. The van der Waals surface area contributed by atoms with Gasteiger partial charge < -0.3 is 9.74 Å². The van der Waals surface area contributed by atoms with E-state index in [4.69, 9.17) is 4.43 Å². The standard InChI is InChI=1S/C23H29F4IN2O3SSi/c1-22(2,3)35(4,5)33-11-10-23(8-9-23)34(31,32)30-20-17(26)13-16(25)19(27)21(20)29-18-7-6-14(28)12-15(18)24/h6-7,12-13,29-30H,8-11H2,1-5H3. The van der Waals surface area contributed by atoms with Gasteiger partial charge in [0.15, 0.2) is 25.8 Å². The average Bonchev–Trinajstić information content (AvgIpc) is 3.51. The molecule has 2 aromatic rings. The van der Waals surface area contributed by atoms with Crippen LogP contribution in [-0.2, 0) is 14.4 Å². The van der Waals surface area contributed by atoms with Crippen LogP contribution in [0.4, 0.5) is 34.6 Å². The fraction of sp³-hybridized carbons (Fsp3) is 0.478. The van der Waals surface area contributed by atoms with Gasteiger partial charge >= 0.3 is 0 Å². The lowest BCUT2D eigenvalue weighted by atomic mass is 10.2. The van der Waals surface area contributed by atoms with E-state index in [-0.39, 0.29) is 29.8 Å². The van der Waals surface area contributed by atoms with Crippen LogP contribution in [-0.4, -0.2) is 28.1 Å². The van der Waals surface area contributed by atoms with Crippen molar-refractivity contribution >= 4 is 58.0 Å². The molecule has 5 nitrogen and oxygen atoms in total. The van der Waals surface area contributed by atoms with Gasteiger partial charge in [-0.2, -0.15) is 0 Å². The lowest BCUT2D eigenvalue weighted by Crippen LogP contribution is -2.42. The third kappa shape index (κ3) is 5.96. The van der Waals surface area contributed by atoms with Gasteiger partial charge in [0.2, 0.25) is 10.0 Å². The Morgan fingerprint density at radius 2 is 1.66 bits per heavy atom. The highest BCUT2D eigenvalue weighted by Crippen LogP contribution is 2.49. The smallest absolute Gasteiger partial charge is 0.238 e. The summed E-state index contributed by atoms with van der Waals surface area (Å²) in [5, 5.41) is 2.26. The summed E-state index contributed by atoms with van der Waals surface area (Å²) < 4.78 is 91.9. The Morgan fingerprint density at radius 1 is 1.03 bits per heavy atom. The van der Waals surface area contributed by atoms with Crippen molar-refractivity contribution in [1.82, 2.24) is 0 Å². The van der Waals surface area contributed by atoms with Crippen molar-refractivity contribution in [2.24, 2.45) is 0 Å². The van der Waals surface area contributed by atoms with Gasteiger partial charge in [0, 0.05) is 16.2 Å². The molecular formula is C23H29F4IN2O3SSi. The van der Waals surface area contributed by atoms with Gasteiger partial charge in [0.05, 0.1) is 10.4 Å². The van der Waals surface area contributed by atoms with E-state index in [1.165, 1.54) is 12.1 Å². The van der Waals surface area contributed by atoms with E-state index in [1.54, 1.807) is 0 Å². The fourth-order valence-electron chi connectivity index (χ4n) is 3.28. The van der Waals surface area contributed by atoms with Crippen LogP contribution < -0.4 is 10.0 Å². The molecule has 1 aliphatic carbocycles. The average molecular weight is 645 g/mol. The summed E-state index contributed by atoms with van der Waals surface area (Å²) >= 11 is 1.87. The predicted molar refractivity (Wildman–Crippen MR) is 141 cm³/mol. The highest BCUT2D eigenvalue weighted by molar-refractivity contribution is 14.1. The van der Waals surface area contributed by atoms with Gasteiger partial charge in [-0.05, 0) is 78.2 Å². The second kappa shape index (κ2) is 9.82. The van der Waals surface area contributed by atoms with Crippen LogP contribution in [0.1, 0.15) is 40.0 Å². The van der Waals surface area contributed by atoms with E-state index < -0.39 is 57.7 Å². The Labute approximate surface area is 218 Å². The molecule has 3 rings (SSSR count). The van der Waals surface area contributed by atoms with E-state index in [9.17, 15) is 26.0 Å². The normalized spacial score (nSPS) is 15.7. The number of hydrogen-bond acceptors (Lipinski definition) is 4. The molecule has 0 saturated heterocycles. The highest BCUT2D eigenvalue weighted by atomic mass is 127. The first-order valence-corrected chi connectivity index (χ1v) is 16.5. The van der Waals surface area contributed by atoms with Crippen LogP contribution in [0.3, 0.4) is 0 Å². The molecule has 1 saturated carbocycles. The van der Waals surface area contributed by atoms with Gasteiger partial charge in [-0.1, -0.05) is 20.8 Å². The van der Waals surface area contributed by atoms with Crippen molar-refractivity contribution < 1.29 is 30.4 Å². The summed E-state index contributed by atoms with van der Waals surface area (Å²) in [5.41, 5.74) is -1.91. The Morgan fingerprint density at radius 3 is 2.20 bits per heavy atom. The molecule has 0 radical (unpaired) electrons. The second-order valence-electron chi connectivity index (χ2n) is 10.3. The van der Waals surface area contributed by atoms with Crippen molar-refractivity contribution in [3.63, 3.8) is 0 Å². The van der Waals surface area contributed by atoms with Crippen molar-refractivity contribution in [3.8, 4) is 0 Å². The molecule has 0 atom stereocenters. The fourth-order valence-corrected chi connectivity index (χ4v) is 6.46. The predicted octanol–water partition coefficient (Wildman–Crippen LogP) is 7.28. The molecule has 1 fully saturated rings. The van der Waals surface area contributed by atoms with Crippen LogP contribution in [0, 0.1) is 26.8 Å². The summed E-state index contributed by atoms with van der Waals surface area (Å²) in [4.78, 5) is 0. The molecule has 0 aromatic heterocycles. The van der Waals surface area contributed by atoms with Gasteiger partial charge in [0.1, 0.15) is 17.2 Å². The first-order valence-electron chi connectivity index (χ1n) is 11.1. The molecule has 0 heterocycles. The van der Waals surface area contributed by atoms with E-state index in [2.05, 4.69) is 43.9 Å². The molecule has 35 heavy (non-hydrogen) atoms. The Kier molecular flexibility index (Phi) is 7.91. The van der Waals surface area contributed by atoms with Gasteiger partial charge in [-0.25, -0.2) is 26.0 Å². The molecule has 12 heteroatoms. The zero-order valence-corrected chi connectivity index (χ0v) is 24.1. The molecule has 0 unspecified atom stereocenters. The Balaban J connectivity index is 1.88. The SMILES string of the molecule is CC(C)(C)[Si](C)(C)OCCC1(S(=O)(=O)Nc2c(F)cc(F)c(F)c2Nc2ccc(I)cc2F)CC1. The molecule has 0 spiro atoms. The number of halogens is 5. The van der Waals surface area contributed by atoms with Crippen molar-refractivity contribution in [1.29, 1.82) is 0 Å². The number of hydrogen-bond donors (Lipinski definition) is 2. The maximum atomic E-state index is 14.7. The number of sulfonamides is 1. The van der Waals surface area contributed by atoms with Crippen LogP contribution in [0.5, 0.6) is 0 Å². The minimum Gasteiger partial charge on any atom is -0.417 e. The molecule has 0 aliphatic heterocycles.